The van der Waals surface area contributed by atoms with Crippen molar-refractivity contribution in [2.24, 2.45) is 17.1 Å². The SMILES string of the molecule is COc1cccc(CC(CN)(C(=O)O)C2CC2)n1. The Morgan fingerprint density at radius 1 is 1.61 bits per heavy atom. The van der Waals surface area contributed by atoms with E-state index in [2.05, 4.69) is 4.98 Å². The number of aromatic nitrogens is 1. The molecule has 0 amide bonds. The molecule has 5 nitrogen and oxygen atoms in total. The highest BCUT2D eigenvalue weighted by molar-refractivity contribution is 5.76. The van der Waals surface area contributed by atoms with Crippen molar-refractivity contribution in [2.45, 2.75) is 19.3 Å². The second kappa shape index (κ2) is 4.94. The van der Waals surface area contributed by atoms with Gasteiger partial charge < -0.3 is 15.6 Å². The number of pyridine rings is 1. The van der Waals surface area contributed by atoms with Gasteiger partial charge in [-0.05, 0) is 24.8 Å². The van der Waals surface area contributed by atoms with Crippen LogP contribution in [0.5, 0.6) is 5.88 Å². The minimum Gasteiger partial charge on any atom is -0.481 e. The average molecular weight is 250 g/mol. The fraction of sp³-hybridized carbons (Fsp3) is 0.538. The number of carboxylic acid groups (broad SMARTS) is 1. The van der Waals surface area contributed by atoms with Crippen LogP contribution in [0.3, 0.4) is 0 Å². The van der Waals surface area contributed by atoms with E-state index in [9.17, 15) is 9.90 Å². The van der Waals surface area contributed by atoms with Crippen LogP contribution in [0, 0.1) is 11.3 Å². The van der Waals surface area contributed by atoms with Gasteiger partial charge >= 0.3 is 5.97 Å². The lowest BCUT2D eigenvalue weighted by molar-refractivity contribution is -0.149. The van der Waals surface area contributed by atoms with E-state index in [-0.39, 0.29) is 12.5 Å². The molecule has 5 heteroatoms. The number of hydrogen-bond acceptors (Lipinski definition) is 4. The number of nitrogens with zero attached hydrogens (tertiary/aromatic N) is 1. The third-order valence-electron chi connectivity index (χ3n) is 3.64. The van der Waals surface area contributed by atoms with Gasteiger partial charge in [0.05, 0.1) is 12.5 Å². The highest BCUT2D eigenvalue weighted by Crippen LogP contribution is 2.47. The Kier molecular flexibility index (Phi) is 3.52. The van der Waals surface area contributed by atoms with Gasteiger partial charge in [0, 0.05) is 24.7 Å². The van der Waals surface area contributed by atoms with Crippen LogP contribution in [0.25, 0.3) is 0 Å². The molecule has 1 fully saturated rings. The number of ether oxygens (including phenoxy) is 1. The van der Waals surface area contributed by atoms with E-state index in [1.807, 2.05) is 12.1 Å². The minimum atomic E-state index is -0.876. The van der Waals surface area contributed by atoms with Crippen molar-refractivity contribution in [3.05, 3.63) is 23.9 Å². The number of methoxy groups -OCH3 is 1. The molecule has 1 aromatic heterocycles. The zero-order valence-electron chi connectivity index (χ0n) is 10.4. The summed E-state index contributed by atoms with van der Waals surface area (Å²) in [7, 11) is 1.54. The first-order valence-electron chi connectivity index (χ1n) is 6.06. The molecule has 0 saturated heterocycles. The van der Waals surface area contributed by atoms with Crippen molar-refractivity contribution >= 4 is 5.97 Å². The molecule has 1 atom stereocenters. The molecule has 2 rings (SSSR count). The fourth-order valence-corrected chi connectivity index (χ4v) is 2.35. The van der Waals surface area contributed by atoms with Crippen molar-refractivity contribution in [2.75, 3.05) is 13.7 Å². The quantitative estimate of drug-likeness (QED) is 0.788. The van der Waals surface area contributed by atoms with Crippen LogP contribution in [0.2, 0.25) is 0 Å². The topological polar surface area (TPSA) is 85.4 Å². The Hall–Kier alpha value is -1.62. The Bertz CT molecular complexity index is 446. The number of aliphatic carboxylic acids is 1. The van der Waals surface area contributed by atoms with E-state index in [1.54, 1.807) is 13.2 Å². The highest BCUT2D eigenvalue weighted by Gasteiger charge is 2.50. The highest BCUT2D eigenvalue weighted by atomic mass is 16.5. The number of carboxylic acids is 1. The van der Waals surface area contributed by atoms with Crippen LogP contribution in [0.1, 0.15) is 18.5 Å². The van der Waals surface area contributed by atoms with Crippen LogP contribution in [-0.2, 0) is 11.2 Å². The van der Waals surface area contributed by atoms with Crippen molar-refractivity contribution in [1.29, 1.82) is 0 Å². The maximum atomic E-state index is 11.6. The van der Waals surface area contributed by atoms with Gasteiger partial charge in [-0.2, -0.15) is 0 Å². The molecule has 0 aliphatic heterocycles. The third kappa shape index (κ3) is 2.31. The molecule has 1 saturated carbocycles. The third-order valence-corrected chi connectivity index (χ3v) is 3.64. The number of rotatable bonds is 6. The summed E-state index contributed by atoms with van der Waals surface area (Å²) in [5, 5.41) is 9.48. The van der Waals surface area contributed by atoms with Crippen LogP contribution in [-0.4, -0.2) is 29.7 Å². The lowest BCUT2D eigenvalue weighted by atomic mass is 9.78. The zero-order chi connectivity index (χ0) is 13.2. The van der Waals surface area contributed by atoms with Crippen molar-refractivity contribution in [1.82, 2.24) is 4.98 Å². The summed E-state index contributed by atoms with van der Waals surface area (Å²) in [4.78, 5) is 15.8. The number of carbonyl (C=O) groups is 1. The number of nitrogens with two attached hydrogens (primary N) is 1. The maximum absolute atomic E-state index is 11.6. The van der Waals surface area contributed by atoms with Gasteiger partial charge in [0.15, 0.2) is 0 Å². The second-order valence-corrected chi connectivity index (χ2v) is 4.79. The van der Waals surface area contributed by atoms with Crippen LogP contribution >= 0.6 is 0 Å². The monoisotopic (exact) mass is 250 g/mol. The van der Waals surface area contributed by atoms with Crippen molar-refractivity contribution in [3.8, 4) is 5.88 Å². The molecule has 1 heterocycles. The molecule has 1 aliphatic rings. The molecule has 0 bridgehead atoms. The molecular formula is C13H18N2O3. The van der Waals surface area contributed by atoms with Gasteiger partial charge in [0.25, 0.3) is 0 Å². The smallest absolute Gasteiger partial charge is 0.311 e. The van der Waals surface area contributed by atoms with Crippen LogP contribution in [0.4, 0.5) is 0 Å². The van der Waals surface area contributed by atoms with Gasteiger partial charge in [0.2, 0.25) is 5.88 Å². The lowest BCUT2D eigenvalue weighted by Crippen LogP contribution is -2.42. The summed E-state index contributed by atoms with van der Waals surface area (Å²) >= 11 is 0. The standard InChI is InChI=1S/C13H18N2O3/c1-18-11-4-2-3-10(15-11)7-13(8-14,12(16)17)9-5-6-9/h2-4,9H,5-8,14H2,1H3,(H,16,17). The summed E-state index contributed by atoms with van der Waals surface area (Å²) < 4.78 is 5.05. The largest absolute Gasteiger partial charge is 0.481 e. The Morgan fingerprint density at radius 2 is 2.33 bits per heavy atom. The Labute approximate surface area is 106 Å². The molecule has 1 aliphatic carbocycles. The summed E-state index contributed by atoms with van der Waals surface area (Å²) in [5.41, 5.74) is 5.57. The normalized spacial score (nSPS) is 18.1. The first-order valence-corrected chi connectivity index (χ1v) is 6.06. The van der Waals surface area contributed by atoms with Gasteiger partial charge in [-0.25, -0.2) is 4.98 Å². The van der Waals surface area contributed by atoms with E-state index < -0.39 is 11.4 Å². The predicted molar refractivity (Wildman–Crippen MR) is 66.3 cm³/mol. The first kappa shape index (κ1) is 12.8. The molecule has 0 spiro atoms. The fourth-order valence-electron chi connectivity index (χ4n) is 2.35. The Balaban J connectivity index is 2.25. The summed E-state index contributed by atoms with van der Waals surface area (Å²) in [6.07, 6.45) is 2.24. The second-order valence-electron chi connectivity index (χ2n) is 4.79. The van der Waals surface area contributed by atoms with Gasteiger partial charge in [-0.3, -0.25) is 4.79 Å². The maximum Gasteiger partial charge on any atom is 0.311 e. The molecular weight excluding hydrogens is 232 g/mol. The molecule has 98 valence electrons. The summed E-state index contributed by atoms with van der Waals surface area (Å²) in [6.45, 7) is 0.145. The van der Waals surface area contributed by atoms with E-state index >= 15 is 0 Å². The molecule has 0 radical (unpaired) electrons. The first-order chi connectivity index (χ1) is 8.62. The summed E-state index contributed by atoms with van der Waals surface area (Å²) in [5.74, 6) is -0.148. The average Bonchev–Trinajstić information content (AvgIpc) is 3.20. The summed E-state index contributed by atoms with van der Waals surface area (Å²) in [6, 6.07) is 5.38. The molecule has 3 N–H and O–H groups in total. The molecule has 1 aromatic rings. The number of hydrogen-bond donors (Lipinski definition) is 2. The van der Waals surface area contributed by atoms with Gasteiger partial charge in [-0.15, -0.1) is 0 Å². The predicted octanol–water partition coefficient (Wildman–Crippen LogP) is 1.07. The van der Waals surface area contributed by atoms with Crippen LogP contribution < -0.4 is 10.5 Å². The lowest BCUT2D eigenvalue weighted by Gasteiger charge is -2.27. The van der Waals surface area contributed by atoms with E-state index in [0.29, 0.717) is 18.0 Å². The van der Waals surface area contributed by atoms with E-state index in [1.165, 1.54) is 0 Å². The zero-order valence-corrected chi connectivity index (χ0v) is 10.4. The van der Waals surface area contributed by atoms with E-state index in [4.69, 9.17) is 10.5 Å². The molecule has 18 heavy (non-hydrogen) atoms. The van der Waals surface area contributed by atoms with Gasteiger partial charge in [-0.1, -0.05) is 6.07 Å². The minimum absolute atomic E-state index is 0.145. The van der Waals surface area contributed by atoms with E-state index in [0.717, 1.165) is 12.8 Å². The molecule has 1 unspecified atom stereocenters. The van der Waals surface area contributed by atoms with Crippen molar-refractivity contribution in [3.63, 3.8) is 0 Å². The van der Waals surface area contributed by atoms with Crippen molar-refractivity contribution < 1.29 is 14.6 Å². The van der Waals surface area contributed by atoms with Gasteiger partial charge in [0.1, 0.15) is 0 Å². The Morgan fingerprint density at radius 3 is 2.83 bits per heavy atom. The molecule has 0 aromatic carbocycles. The van der Waals surface area contributed by atoms with Crippen LogP contribution in [0.15, 0.2) is 18.2 Å².